The Morgan fingerprint density at radius 2 is 1.79 bits per heavy atom. The molecule has 0 atom stereocenters. The summed E-state index contributed by atoms with van der Waals surface area (Å²) in [6.07, 6.45) is 0.580. The van der Waals surface area contributed by atoms with Gasteiger partial charge in [0.05, 0.1) is 19.6 Å². The number of aryl methyl sites for hydroxylation is 1. The predicted molar refractivity (Wildman–Crippen MR) is 110 cm³/mol. The van der Waals surface area contributed by atoms with Crippen molar-refractivity contribution in [3.63, 3.8) is 0 Å². The molecule has 0 unspecified atom stereocenters. The minimum absolute atomic E-state index is 0.226. The fourth-order valence-corrected chi connectivity index (χ4v) is 3.47. The molecule has 0 saturated carbocycles. The number of ether oxygens (including phenoxy) is 2. The SMILES string of the molecule is COc1cc(Br)c(CCNC(=O)c2nn(C)c(=O)c3ccccc23)cc1OC. The largest absolute Gasteiger partial charge is 0.493 e. The Kier molecular flexibility index (Phi) is 5.99. The van der Waals surface area contributed by atoms with E-state index in [0.29, 0.717) is 35.2 Å². The summed E-state index contributed by atoms with van der Waals surface area (Å²) in [6, 6.07) is 10.7. The fourth-order valence-electron chi connectivity index (χ4n) is 2.95. The molecule has 0 aliphatic carbocycles. The van der Waals surface area contributed by atoms with E-state index in [1.807, 2.05) is 12.1 Å². The van der Waals surface area contributed by atoms with Crippen molar-refractivity contribution in [2.75, 3.05) is 20.8 Å². The Bertz CT molecular complexity index is 1090. The summed E-state index contributed by atoms with van der Waals surface area (Å²) in [7, 11) is 4.69. The van der Waals surface area contributed by atoms with Gasteiger partial charge in [-0.15, -0.1) is 0 Å². The van der Waals surface area contributed by atoms with Gasteiger partial charge in [-0.05, 0) is 30.2 Å². The monoisotopic (exact) mass is 445 g/mol. The summed E-state index contributed by atoms with van der Waals surface area (Å²) >= 11 is 3.51. The Morgan fingerprint density at radius 1 is 1.14 bits per heavy atom. The number of rotatable bonds is 6. The molecule has 0 bridgehead atoms. The first-order valence-corrected chi connectivity index (χ1v) is 9.40. The molecule has 0 aliphatic heterocycles. The van der Waals surface area contributed by atoms with E-state index < -0.39 is 0 Å². The van der Waals surface area contributed by atoms with Crippen LogP contribution in [-0.2, 0) is 13.5 Å². The second-order valence-corrected chi connectivity index (χ2v) is 6.98. The Labute approximate surface area is 170 Å². The fraction of sp³-hybridized carbons (Fsp3) is 0.250. The van der Waals surface area contributed by atoms with E-state index in [9.17, 15) is 9.59 Å². The zero-order chi connectivity index (χ0) is 20.3. The molecule has 2 aromatic carbocycles. The average Bonchev–Trinajstić information content (AvgIpc) is 2.71. The lowest BCUT2D eigenvalue weighted by atomic mass is 10.1. The van der Waals surface area contributed by atoms with E-state index >= 15 is 0 Å². The number of hydrogen-bond donors (Lipinski definition) is 1. The minimum atomic E-state index is -0.330. The molecule has 0 radical (unpaired) electrons. The van der Waals surface area contributed by atoms with Crippen LogP contribution in [0.2, 0.25) is 0 Å². The van der Waals surface area contributed by atoms with Crippen LogP contribution in [0.5, 0.6) is 11.5 Å². The van der Waals surface area contributed by atoms with E-state index in [4.69, 9.17) is 9.47 Å². The molecule has 1 N–H and O–H groups in total. The van der Waals surface area contributed by atoms with Crippen LogP contribution in [0.3, 0.4) is 0 Å². The predicted octanol–water partition coefficient (Wildman–Crippen LogP) is 2.69. The van der Waals surface area contributed by atoms with Gasteiger partial charge in [-0.25, -0.2) is 4.68 Å². The van der Waals surface area contributed by atoms with Gasteiger partial charge in [0, 0.05) is 23.5 Å². The molecule has 146 valence electrons. The first kappa shape index (κ1) is 19.9. The zero-order valence-electron chi connectivity index (χ0n) is 15.8. The first-order valence-electron chi connectivity index (χ1n) is 8.61. The number of amides is 1. The van der Waals surface area contributed by atoms with Crippen molar-refractivity contribution in [2.24, 2.45) is 7.05 Å². The quantitative estimate of drug-likeness (QED) is 0.630. The number of benzene rings is 2. The van der Waals surface area contributed by atoms with Crippen molar-refractivity contribution in [3.05, 3.63) is 62.5 Å². The molecule has 0 aliphatic rings. The smallest absolute Gasteiger partial charge is 0.274 e. The first-order chi connectivity index (χ1) is 13.5. The lowest BCUT2D eigenvalue weighted by Gasteiger charge is -2.13. The van der Waals surface area contributed by atoms with Crippen molar-refractivity contribution in [3.8, 4) is 11.5 Å². The molecule has 7 nitrogen and oxygen atoms in total. The minimum Gasteiger partial charge on any atom is -0.493 e. The zero-order valence-corrected chi connectivity index (χ0v) is 17.4. The van der Waals surface area contributed by atoms with Crippen LogP contribution in [-0.4, -0.2) is 36.5 Å². The number of nitrogens with zero attached hydrogens (tertiary/aromatic N) is 2. The normalized spacial score (nSPS) is 10.7. The summed E-state index contributed by atoms with van der Waals surface area (Å²) in [5.41, 5.74) is 0.960. The highest BCUT2D eigenvalue weighted by atomic mass is 79.9. The lowest BCUT2D eigenvalue weighted by molar-refractivity contribution is 0.0949. The number of hydrogen-bond acceptors (Lipinski definition) is 5. The molecule has 28 heavy (non-hydrogen) atoms. The highest BCUT2D eigenvalue weighted by Gasteiger charge is 2.16. The van der Waals surface area contributed by atoms with Gasteiger partial charge in [-0.2, -0.15) is 5.10 Å². The second kappa shape index (κ2) is 8.43. The van der Waals surface area contributed by atoms with E-state index in [1.54, 1.807) is 38.5 Å². The molecule has 3 rings (SSSR count). The molecule has 1 aromatic heterocycles. The third-order valence-corrected chi connectivity index (χ3v) is 5.14. The maximum atomic E-state index is 12.7. The number of halogens is 1. The van der Waals surface area contributed by atoms with Gasteiger partial charge in [0.15, 0.2) is 17.2 Å². The summed E-state index contributed by atoms with van der Waals surface area (Å²) in [5.74, 6) is 0.921. The topological polar surface area (TPSA) is 82.5 Å². The maximum Gasteiger partial charge on any atom is 0.274 e. The third kappa shape index (κ3) is 3.87. The molecule has 1 amide bonds. The molecule has 0 fully saturated rings. The van der Waals surface area contributed by atoms with Crippen molar-refractivity contribution in [1.82, 2.24) is 15.1 Å². The molecule has 8 heteroatoms. The molecular formula is C20H20BrN3O4. The highest BCUT2D eigenvalue weighted by molar-refractivity contribution is 9.10. The number of methoxy groups -OCH3 is 2. The van der Waals surface area contributed by atoms with Crippen LogP contribution in [0, 0.1) is 0 Å². The van der Waals surface area contributed by atoms with Gasteiger partial charge in [-0.3, -0.25) is 9.59 Å². The van der Waals surface area contributed by atoms with Crippen LogP contribution < -0.4 is 20.3 Å². The molecule has 1 heterocycles. The van der Waals surface area contributed by atoms with Gasteiger partial charge < -0.3 is 14.8 Å². The molecule has 0 spiro atoms. The van der Waals surface area contributed by atoms with Crippen LogP contribution >= 0.6 is 15.9 Å². The summed E-state index contributed by atoms with van der Waals surface area (Å²) in [5, 5.41) is 8.01. The van der Waals surface area contributed by atoms with Gasteiger partial charge in [0.25, 0.3) is 11.5 Å². The van der Waals surface area contributed by atoms with Gasteiger partial charge in [-0.1, -0.05) is 34.1 Å². The van der Waals surface area contributed by atoms with Crippen LogP contribution in [0.25, 0.3) is 10.8 Å². The van der Waals surface area contributed by atoms with E-state index in [0.717, 1.165) is 10.0 Å². The van der Waals surface area contributed by atoms with Crippen LogP contribution in [0.15, 0.2) is 45.7 Å². The number of carbonyl (C=O) groups excluding carboxylic acids is 1. The second-order valence-electron chi connectivity index (χ2n) is 6.13. The number of aromatic nitrogens is 2. The van der Waals surface area contributed by atoms with E-state index in [2.05, 4.69) is 26.3 Å². The Hall–Kier alpha value is -2.87. The summed E-state index contributed by atoms with van der Waals surface area (Å²) in [4.78, 5) is 24.9. The molecule has 0 saturated heterocycles. The van der Waals surface area contributed by atoms with Crippen molar-refractivity contribution < 1.29 is 14.3 Å². The van der Waals surface area contributed by atoms with Gasteiger partial charge in [0.2, 0.25) is 0 Å². The average molecular weight is 446 g/mol. The Morgan fingerprint density at radius 3 is 2.46 bits per heavy atom. The van der Waals surface area contributed by atoms with Crippen molar-refractivity contribution in [1.29, 1.82) is 0 Å². The number of nitrogens with one attached hydrogen (secondary N) is 1. The van der Waals surface area contributed by atoms with E-state index in [-0.39, 0.29) is 17.2 Å². The highest BCUT2D eigenvalue weighted by Crippen LogP contribution is 2.33. The number of carbonyl (C=O) groups is 1. The molecule has 3 aromatic rings. The standard InChI is InChI=1S/C20H20BrN3O4/c1-24-20(26)14-7-5-4-6-13(14)18(23-24)19(25)22-9-8-12-10-16(27-2)17(28-3)11-15(12)21/h4-7,10-11H,8-9H2,1-3H3,(H,22,25). The van der Waals surface area contributed by atoms with E-state index in [1.165, 1.54) is 11.7 Å². The van der Waals surface area contributed by atoms with Crippen molar-refractivity contribution in [2.45, 2.75) is 6.42 Å². The summed E-state index contributed by atoms with van der Waals surface area (Å²) in [6.45, 7) is 0.395. The van der Waals surface area contributed by atoms with Crippen LogP contribution in [0.1, 0.15) is 16.1 Å². The number of fused-ring (bicyclic) bond motifs is 1. The lowest BCUT2D eigenvalue weighted by Crippen LogP contribution is -2.30. The maximum absolute atomic E-state index is 12.7. The molecular weight excluding hydrogens is 426 g/mol. The van der Waals surface area contributed by atoms with Gasteiger partial charge in [0.1, 0.15) is 0 Å². The third-order valence-electron chi connectivity index (χ3n) is 4.40. The Balaban J connectivity index is 1.78. The summed E-state index contributed by atoms with van der Waals surface area (Å²) < 4.78 is 12.6. The van der Waals surface area contributed by atoms with Crippen molar-refractivity contribution >= 4 is 32.6 Å². The van der Waals surface area contributed by atoms with Crippen LogP contribution in [0.4, 0.5) is 0 Å². The van der Waals surface area contributed by atoms with Gasteiger partial charge >= 0.3 is 0 Å².